The van der Waals surface area contributed by atoms with Gasteiger partial charge in [0.25, 0.3) is 0 Å². The average molecular weight is 299 g/mol. The first-order valence-corrected chi connectivity index (χ1v) is 7.48. The smallest absolute Gasteiger partial charge is 0.323 e. The molecule has 1 aliphatic heterocycles. The molecule has 0 bridgehead atoms. The highest BCUT2D eigenvalue weighted by atomic mass is 16.4. The standard InChI is InChI=1S/C14H25N3O4/c1-2-4-11-5-3-7-16(8-6-11)14(21)17(9-12(15)18)10-13(19)20/h11H,2-10H2,1H3,(H2,15,18)(H,19,20). The zero-order valence-electron chi connectivity index (χ0n) is 12.6. The van der Waals surface area contributed by atoms with Gasteiger partial charge in [-0.3, -0.25) is 9.59 Å². The van der Waals surface area contributed by atoms with Crippen LogP contribution in [0.25, 0.3) is 0 Å². The van der Waals surface area contributed by atoms with Crippen molar-refractivity contribution in [2.24, 2.45) is 11.7 Å². The van der Waals surface area contributed by atoms with E-state index in [-0.39, 0.29) is 6.54 Å². The van der Waals surface area contributed by atoms with E-state index in [1.807, 2.05) is 0 Å². The van der Waals surface area contributed by atoms with Gasteiger partial charge in [0.15, 0.2) is 0 Å². The molecule has 1 fully saturated rings. The fourth-order valence-electron chi connectivity index (χ4n) is 2.80. The van der Waals surface area contributed by atoms with Crippen LogP contribution in [0.1, 0.15) is 39.0 Å². The summed E-state index contributed by atoms with van der Waals surface area (Å²) >= 11 is 0. The fourth-order valence-corrected chi connectivity index (χ4v) is 2.80. The van der Waals surface area contributed by atoms with E-state index in [4.69, 9.17) is 10.8 Å². The Morgan fingerprint density at radius 2 is 1.95 bits per heavy atom. The summed E-state index contributed by atoms with van der Waals surface area (Å²) in [5.74, 6) is -1.23. The van der Waals surface area contributed by atoms with E-state index in [1.54, 1.807) is 4.90 Å². The Labute approximate surface area is 125 Å². The minimum absolute atomic E-state index is 0.361. The number of carbonyl (C=O) groups is 3. The molecule has 0 spiro atoms. The molecule has 1 heterocycles. The number of nitrogens with two attached hydrogens (primary N) is 1. The quantitative estimate of drug-likeness (QED) is 0.759. The molecule has 21 heavy (non-hydrogen) atoms. The second kappa shape index (κ2) is 8.49. The van der Waals surface area contributed by atoms with E-state index in [0.29, 0.717) is 19.0 Å². The highest BCUT2D eigenvalue weighted by Gasteiger charge is 2.26. The SMILES string of the molecule is CCCC1CCCN(C(=O)N(CC(N)=O)CC(=O)O)CC1. The molecule has 1 rings (SSSR count). The second-order valence-electron chi connectivity index (χ2n) is 5.57. The van der Waals surface area contributed by atoms with E-state index >= 15 is 0 Å². The van der Waals surface area contributed by atoms with Gasteiger partial charge in [0.05, 0.1) is 0 Å². The highest BCUT2D eigenvalue weighted by molar-refractivity contribution is 5.86. The van der Waals surface area contributed by atoms with Crippen LogP contribution in [0.5, 0.6) is 0 Å². The van der Waals surface area contributed by atoms with Crippen molar-refractivity contribution < 1.29 is 19.5 Å². The van der Waals surface area contributed by atoms with Crippen LogP contribution in [0.4, 0.5) is 4.79 Å². The number of likely N-dealkylation sites (tertiary alicyclic amines) is 1. The molecule has 1 atom stereocenters. The monoisotopic (exact) mass is 299 g/mol. The molecule has 0 radical (unpaired) electrons. The molecule has 3 N–H and O–H groups in total. The Morgan fingerprint density at radius 3 is 2.52 bits per heavy atom. The number of hydrogen-bond donors (Lipinski definition) is 2. The molecule has 7 nitrogen and oxygen atoms in total. The van der Waals surface area contributed by atoms with Crippen LogP contribution in [0, 0.1) is 5.92 Å². The van der Waals surface area contributed by atoms with Crippen molar-refractivity contribution in [1.82, 2.24) is 9.80 Å². The van der Waals surface area contributed by atoms with Gasteiger partial charge in [0.2, 0.25) is 5.91 Å². The lowest BCUT2D eigenvalue weighted by molar-refractivity contribution is -0.138. The molecule has 0 aliphatic carbocycles. The number of rotatable bonds is 6. The molecule has 7 heteroatoms. The van der Waals surface area contributed by atoms with Gasteiger partial charge in [-0.1, -0.05) is 19.8 Å². The van der Waals surface area contributed by atoms with Crippen LogP contribution >= 0.6 is 0 Å². The lowest BCUT2D eigenvalue weighted by Gasteiger charge is -2.28. The van der Waals surface area contributed by atoms with E-state index in [0.717, 1.165) is 37.0 Å². The molecule has 0 aromatic heterocycles. The summed E-state index contributed by atoms with van der Waals surface area (Å²) in [4.78, 5) is 36.8. The van der Waals surface area contributed by atoms with Gasteiger partial charge in [0, 0.05) is 13.1 Å². The number of hydrogen-bond acceptors (Lipinski definition) is 3. The molecule has 0 aromatic rings. The van der Waals surface area contributed by atoms with Crippen molar-refractivity contribution in [3.05, 3.63) is 0 Å². The van der Waals surface area contributed by atoms with E-state index in [1.165, 1.54) is 0 Å². The first kappa shape index (κ1) is 17.3. The Morgan fingerprint density at radius 1 is 1.24 bits per heavy atom. The minimum atomic E-state index is -1.15. The number of nitrogens with zero attached hydrogens (tertiary/aromatic N) is 2. The number of aliphatic carboxylic acids is 1. The summed E-state index contributed by atoms with van der Waals surface area (Å²) in [7, 11) is 0. The number of carbonyl (C=O) groups excluding carboxylic acids is 2. The van der Waals surface area contributed by atoms with E-state index < -0.39 is 24.5 Å². The summed E-state index contributed by atoms with van der Waals surface area (Å²) in [6.07, 6.45) is 5.21. The molecule has 1 unspecified atom stereocenters. The van der Waals surface area contributed by atoms with Crippen LogP contribution in [0.2, 0.25) is 0 Å². The van der Waals surface area contributed by atoms with Crippen molar-refractivity contribution in [2.75, 3.05) is 26.2 Å². The van der Waals surface area contributed by atoms with Crippen LogP contribution < -0.4 is 5.73 Å². The molecule has 3 amide bonds. The van der Waals surface area contributed by atoms with Gasteiger partial charge >= 0.3 is 12.0 Å². The van der Waals surface area contributed by atoms with Crippen molar-refractivity contribution in [3.8, 4) is 0 Å². The third-order valence-electron chi connectivity index (χ3n) is 3.76. The molecule has 0 aromatic carbocycles. The summed E-state index contributed by atoms with van der Waals surface area (Å²) in [5, 5.41) is 8.85. The minimum Gasteiger partial charge on any atom is -0.480 e. The van der Waals surface area contributed by atoms with Crippen LogP contribution in [0.15, 0.2) is 0 Å². The molecule has 1 saturated heterocycles. The number of carboxylic acids is 1. The summed E-state index contributed by atoms with van der Waals surface area (Å²) in [5.41, 5.74) is 5.08. The lowest BCUT2D eigenvalue weighted by Crippen LogP contribution is -2.48. The second-order valence-corrected chi connectivity index (χ2v) is 5.57. The third-order valence-corrected chi connectivity index (χ3v) is 3.76. The van der Waals surface area contributed by atoms with Crippen LogP contribution in [0.3, 0.4) is 0 Å². The predicted molar refractivity (Wildman–Crippen MR) is 77.6 cm³/mol. The summed E-state index contributed by atoms with van der Waals surface area (Å²) < 4.78 is 0. The summed E-state index contributed by atoms with van der Waals surface area (Å²) in [6, 6.07) is -0.409. The number of amides is 3. The number of urea groups is 1. The fraction of sp³-hybridized carbons (Fsp3) is 0.786. The Hall–Kier alpha value is -1.79. The van der Waals surface area contributed by atoms with Crippen molar-refractivity contribution in [2.45, 2.75) is 39.0 Å². The van der Waals surface area contributed by atoms with Gasteiger partial charge in [0.1, 0.15) is 13.1 Å². The first-order valence-electron chi connectivity index (χ1n) is 7.48. The van der Waals surface area contributed by atoms with Gasteiger partial charge in [-0.05, 0) is 25.2 Å². The molecule has 120 valence electrons. The van der Waals surface area contributed by atoms with E-state index in [9.17, 15) is 14.4 Å². The van der Waals surface area contributed by atoms with Gasteiger partial charge < -0.3 is 20.6 Å². The largest absolute Gasteiger partial charge is 0.480 e. The zero-order chi connectivity index (χ0) is 15.8. The third kappa shape index (κ3) is 6.01. The topological polar surface area (TPSA) is 104 Å². The maximum Gasteiger partial charge on any atom is 0.323 e. The molecule has 0 saturated carbocycles. The maximum absolute atomic E-state index is 12.4. The van der Waals surface area contributed by atoms with Crippen molar-refractivity contribution >= 4 is 17.9 Å². The summed E-state index contributed by atoms with van der Waals surface area (Å²) in [6.45, 7) is 2.50. The van der Waals surface area contributed by atoms with Gasteiger partial charge in [-0.25, -0.2) is 4.79 Å². The highest BCUT2D eigenvalue weighted by Crippen LogP contribution is 2.22. The molecular weight excluding hydrogens is 274 g/mol. The van der Waals surface area contributed by atoms with Gasteiger partial charge in [-0.15, -0.1) is 0 Å². The number of carboxylic acid groups (broad SMARTS) is 1. The lowest BCUT2D eigenvalue weighted by atomic mass is 9.96. The zero-order valence-corrected chi connectivity index (χ0v) is 12.6. The Balaban J connectivity index is 2.65. The normalized spacial score (nSPS) is 18.9. The van der Waals surface area contributed by atoms with Gasteiger partial charge in [-0.2, -0.15) is 0 Å². The molecule has 1 aliphatic rings. The Kier molecular flexibility index (Phi) is 6.98. The number of primary amides is 1. The average Bonchev–Trinajstić information content (AvgIpc) is 2.62. The first-order chi connectivity index (χ1) is 9.93. The predicted octanol–water partition coefficient (Wildman–Crippen LogP) is 0.881. The van der Waals surface area contributed by atoms with Crippen molar-refractivity contribution in [3.63, 3.8) is 0 Å². The maximum atomic E-state index is 12.4. The van der Waals surface area contributed by atoms with Crippen LogP contribution in [-0.4, -0.2) is 59.0 Å². The van der Waals surface area contributed by atoms with Crippen molar-refractivity contribution in [1.29, 1.82) is 0 Å². The van der Waals surface area contributed by atoms with E-state index in [2.05, 4.69) is 6.92 Å². The van der Waals surface area contributed by atoms with Crippen LogP contribution in [-0.2, 0) is 9.59 Å². The molecular formula is C14H25N3O4. The Bertz CT molecular complexity index is 370.